The Morgan fingerprint density at radius 2 is 1.91 bits per heavy atom. The van der Waals surface area contributed by atoms with Gasteiger partial charge in [0, 0.05) is 38.3 Å². The lowest BCUT2D eigenvalue weighted by atomic mass is 9.98. The molecule has 1 fully saturated rings. The number of amides is 1. The van der Waals surface area contributed by atoms with Crippen molar-refractivity contribution in [1.82, 2.24) is 10.2 Å². The number of halogens is 1. The summed E-state index contributed by atoms with van der Waals surface area (Å²) < 4.78 is 10.4. The number of furan rings is 1. The molecule has 8 heteroatoms. The first-order valence-electron chi connectivity index (χ1n) is 10.7. The number of carbonyl (C=O) groups excluding carboxylic acids is 1. The van der Waals surface area contributed by atoms with E-state index in [-0.39, 0.29) is 35.6 Å². The lowest BCUT2D eigenvalue weighted by Crippen LogP contribution is -2.39. The van der Waals surface area contributed by atoms with E-state index in [1.807, 2.05) is 43.4 Å². The molecular formula is C25H29IN4O3. The highest BCUT2D eigenvalue weighted by Gasteiger charge is 2.26. The summed E-state index contributed by atoms with van der Waals surface area (Å²) in [6, 6.07) is 19.4. The standard InChI is InChI=1S/C25H28N4O3.HI/c1-26-25(29-14-13-20(17-29)19-7-11-22(31-2)12-8-19)27-16-18-5-9-21(10-6-18)28-24(30)23-4-3-15-32-23;/h3-12,15,20H,13-14,16-17H2,1-2H3,(H,26,27)(H,28,30);1H. The maximum Gasteiger partial charge on any atom is 0.291 e. The topological polar surface area (TPSA) is 79.1 Å². The minimum absolute atomic E-state index is 0. The molecule has 0 spiro atoms. The summed E-state index contributed by atoms with van der Waals surface area (Å²) in [6.45, 7) is 2.56. The fourth-order valence-electron chi connectivity index (χ4n) is 3.92. The van der Waals surface area contributed by atoms with Gasteiger partial charge in [-0.05, 0) is 53.9 Å². The number of carbonyl (C=O) groups is 1. The van der Waals surface area contributed by atoms with Crippen molar-refractivity contribution in [1.29, 1.82) is 0 Å². The number of anilines is 1. The maximum absolute atomic E-state index is 12.1. The van der Waals surface area contributed by atoms with Crippen molar-refractivity contribution >= 4 is 41.5 Å². The zero-order valence-electron chi connectivity index (χ0n) is 18.8. The molecule has 1 saturated heterocycles. The third-order valence-corrected chi connectivity index (χ3v) is 5.69. The number of benzene rings is 2. The summed E-state index contributed by atoms with van der Waals surface area (Å²) in [4.78, 5) is 18.8. The van der Waals surface area contributed by atoms with Gasteiger partial charge in [-0.1, -0.05) is 24.3 Å². The Labute approximate surface area is 211 Å². The fourth-order valence-corrected chi connectivity index (χ4v) is 3.92. The van der Waals surface area contributed by atoms with Crippen LogP contribution in [0.2, 0.25) is 0 Å². The number of nitrogens with zero attached hydrogens (tertiary/aromatic N) is 2. The van der Waals surface area contributed by atoms with Crippen molar-refractivity contribution in [2.75, 3.05) is 32.6 Å². The minimum atomic E-state index is -0.262. The van der Waals surface area contributed by atoms with Crippen LogP contribution in [0.1, 0.15) is 34.0 Å². The van der Waals surface area contributed by atoms with Crippen molar-refractivity contribution in [3.05, 3.63) is 83.8 Å². The molecule has 4 rings (SSSR count). The van der Waals surface area contributed by atoms with Crippen LogP contribution in [-0.2, 0) is 6.54 Å². The number of methoxy groups -OCH3 is 1. The van der Waals surface area contributed by atoms with E-state index in [4.69, 9.17) is 9.15 Å². The van der Waals surface area contributed by atoms with Crippen LogP contribution in [-0.4, -0.2) is 44.0 Å². The SMILES string of the molecule is CN=C(NCc1ccc(NC(=O)c2ccco2)cc1)N1CCC(c2ccc(OC)cc2)C1.I. The van der Waals surface area contributed by atoms with Crippen molar-refractivity contribution in [3.8, 4) is 5.75 Å². The molecule has 0 aliphatic carbocycles. The summed E-state index contributed by atoms with van der Waals surface area (Å²) >= 11 is 0. The Bertz CT molecular complexity index is 1050. The van der Waals surface area contributed by atoms with E-state index in [1.165, 1.54) is 11.8 Å². The van der Waals surface area contributed by atoms with Crippen LogP contribution in [0.4, 0.5) is 5.69 Å². The number of guanidine groups is 1. The van der Waals surface area contributed by atoms with Crippen molar-refractivity contribution in [3.63, 3.8) is 0 Å². The Balaban J connectivity index is 0.00000306. The molecule has 2 aromatic carbocycles. The molecule has 2 N–H and O–H groups in total. The van der Waals surface area contributed by atoms with Gasteiger partial charge in [0.15, 0.2) is 11.7 Å². The molecule has 3 aromatic rings. The maximum atomic E-state index is 12.1. The summed E-state index contributed by atoms with van der Waals surface area (Å²) in [6.07, 6.45) is 2.58. The molecule has 0 radical (unpaired) electrons. The second-order valence-electron chi connectivity index (χ2n) is 7.73. The number of ether oxygens (including phenoxy) is 1. The summed E-state index contributed by atoms with van der Waals surface area (Å²) in [7, 11) is 3.50. The second kappa shape index (κ2) is 11.7. The van der Waals surface area contributed by atoms with E-state index in [0.29, 0.717) is 12.5 Å². The first-order valence-corrected chi connectivity index (χ1v) is 10.7. The van der Waals surface area contributed by atoms with Gasteiger partial charge in [-0.3, -0.25) is 9.79 Å². The zero-order chi connectivity index (χ0) is 22.3. The molecular weight excluding hydrogens is 531 g/mol. The van der Waals surface area contributed by atoms with Gasteiger partial charge in [-0.25, -0.2) is 0 Å². The molecule has 174 valence electrons. The number of aliphatic imine (C=N–C) groups is 1. The number of nitrogens with one attached hydrogen (secondary N) is 2. The van der Waals surface area contributed by atoms with Gasteiger partial charge in [0.25, 0.3) is 5.91 Å². The number of likely N-dealkylation sites (tertiary alicyclic amines) is 1. The normalized spacial score (nSPS) is 15.6. The van der Waals surface area contributed by atoms with Gasteiger partial charge in [0.2, 0.25) is 0 Å². The van der Waals surface area contributed by atoms with Crippen LogP contribution in [0, 0.1) is 0 Å². The van der Waals surface area contributed by atoms with Crippen LogP contribution >= 0.6 is 24.0 Å². The van der Waals surface area contributed by atoms with E-state index >= 15 is 0 Å². The molecule has 1 aliphatic rings. The van der Waals surface area contributed by atoms with E-state index in [1.54, 1.807) is 19.2 Å². The predicted molar refractivity (Wildman–Crippen MR) is 141 cm³/mol. The molecule has 1 amide bonds. The summed E-state index contributed by atoms with van der Waals surface area (Å²) in [5, 5.41) is 6.28. The Morgan fingerprint density at radius 1 is 1.15 bits per heavy atom. The highest BCUT2D eigenvalue weighted by molar-refractivity contribution is 14.0. The average Bonchev–Trinajstić information content (AvgIpc) is 3.54. The van der Waals surface area contributed by atoms with Crippen LogP contribution in [0.5, 0.6) is 5.75 Å². The summed E-state index contributed by atoms with van der Waals surface area (Å²) in [5.41, 5.74) is 3.16. The molecule has 1 aromatic heterocycles. The van der Waals surface area contributed by atoms with Crippen LogP contribution < -0.4 is 15.4 Å². The van der Waals surface area contributed by atoms with E-state index in [0.717, 1.165) is 42.5 Å². The average molecular weight is 560 g/mol. The lowest BCUT2D eigenvalue weighted by Gasteiger charge is -2.22. The molecule has 0 saturated carbocycles. The summed E-state index contributed by atoms with van der Waals surface area (Å²) in [5.74, 6) is 2.29. The first-order chi connectivity index (χ1) is 15.7. The zero-order valence-corrected chi connectivity index (χ0v) is 21.1. The number of hydrogen-bond donors (Lipinski definition) is 2. The van der Waals surface area contributed by atoms with Crippen molar-refractivity contribution in [2.45, 2.75) is 18.9 Å². The van der Waals surface area contributed by atoms with Gasteiger partial charge in [0.05, 0.1) is 13.4 Å². The van der Waals surface area contributed by atoms with Gasteiger partial charge in [-0.2, -0.15) is 0 Å². The van der Waals surface area contributed by atoms with Gasteiger partial charge < -0.3 is 24.7 Å². The quantitative estimate of drug-likeness (QED) is 0.259. The van der Waals surface area contributed by atoms with Gasteiger partial charge in [-0.15, -0.1) is 24.0 Å². The van der Waals surface area contributed by atoms with Crippen molar-refractivity contribution in [2.24, 2.45) is 4.99 Å². The molecule has 2 heterocycles. The molecule has 1 unspecified atom stereocenters. The lowest BCUT2D eigenvalue weighted by molar-refractivity contribution is 0.0996. The van der Waals surface area contributed by atoms with Crippen LogP contribution in [0.15, 0.2) is 76.3 Å². The number of hydrogen-bond acceptors (Lipinski definition) is 4. The van der Waals surface area contributed by atoms with Gasteiger partial charge >= 0.3 is 0 Å². The third-order valence-electron chi connectivity index (χ3n) is 5.69. The van der Waals surface area contributed by atoms with E-state index in [2.05, 4.69) is 32.7 Å². The smallest absolute Gasteiger partial charge is 0.291 e. The fraction of sp³-hybridized carbons (Fsp3) is 0.280. The molecule has 7 nitrogen and oxygen atoms in total. The van der Waals surface area contributed by atoms with Crippen LogP contribution in [0.25, 0.3) is 0 Å². The Morgan fingerprint density at radius 3 is 2.55 bits per heavy atom. The molecule has 33 heavy (non-hydrogen) atoms. The molecule has 0 bridgehead atoms. The monoisotopic (exact) mass is 560 g/mol. The first kappa shape index (κ1) is 24.6. The van der Waals surface area contributed by atoms with Crippen molar-refractivity contribution < 1.29 is 13.9 Å². The molecule has 1 atom stereocenters. The molecule has 1 aliphatic heterocycles. The van der Waals surface area contributed by atoms with Crippen LogP contribution in [0.3, 0.4) is 0 Å². The largest absolute Gasteiger partial charge is 0.497 e. The Hall–Kier alpha value is -3.01. The highest BCUT2D eigenvalue weighted by atomic mass is 127. The third kappa shape index (κ3) is 6.28. The predicted octanol–water partition coefficient (Wildman–Crippen LogP) is 4.72. The Kier molecular flexibility index (Phi) is 8.76. The minimum Gasteiger partial charge on any atom is -0.497 e. The second-order valence-corrected chi connectivity index (χ2v) is 7.73. The highest BCUT2D eigenvalue weighted by Crippen LogP contribution is 2.28. The van der Waals surface area contributed by atoms with E-state index < -0.39 is 0 Å². The van der Waals surface area contributed by atoms with E-state index in [9.17, 15) is 4.79 Å². The van der Waals surface area contributed by atoms with Gasteiger partial charge in [0.1, 0.15) is 5.75 Å². The number of rotatable bonds is 6.